The third kappa shape index (κ3) is 3.08. The van der Waals surface area contributed by atoms with Gasteiger partial charge in [-0.2, -0.15) is 5.10 Å². The summed E-state index contributed by atoms with van der Waals surface area (Å²) in [5.74, 6) is 1.58. The Kier molecular flexibility index (Phi) is 4.17. The Morgan fingerprint density at radius 3 is 2.66 bits per heavy atom. The van der Waals surface area contributed by atoms with Crippen LogP contribution in [0.15, 0.2) is 77.7 Å². The van der Waals surface area contributed by atoms with Gasteiger partial charge < -0.3 is 13.9 Å². The van der Waals surface area contributed by atoms with E-state index in [-0.39, 0.29) is 5.91 Å². The zero-order valence-electron chi connectivity index (χ0n) is 16.0. The van der Waals surface area contributed by atoms with Crippen LogP contribution in [0.2, 0.25) is 0 Å². The summed E-state index contributed by atoms with van der Waals surface area (Å²) in [6, 6.07) is 15.8. The average molecular weight is 384 g/mol. The second kappa shape index (κ2) is 6.98. The molecule has 5 rings (SSSR count). The zero-order valence-corrected chi connectivity index (χ0v) is 16.0. The molecule has 0 fully saturated rings. The number of hydrogen-bond donors (Lipinski definition) is 0. The molecule has 0 atom stereocenters. The second-order valence-electron chi connectivity index (χ2n) is 7.08. The fraction of sp³-hybridized carbons (Fsp3) is 0.130. The van der Waals surface area contributed by atoms with Gasteiger partial charge in [0.25, 0.3) is 0 Å². The maximum absolute atomic E-state index is 12.7. The largest absolute Gasteiger partial charge is 0.465 e. The number of aromatic nitrogens is 3. The summed E-state index contributed by atoms with van der Waals surface area (Å²) in [6.07, 6.45) is 8.85. The minimum absolute atomic E-state index is 0.0553. The van der Waals surface area contributed by atoms with Gasteiger partial charge in [-0.1, -0.05) is 18.2 Å². The molecule has 6 heteroatoms. The molecule has 6 nitrogen and oxygen atoms in total. The molecule has 0 saturated heterocycles. The lowest BCUT2D eigenvalue weighted by Crippen LogP contribution is -2.24. The van der Waals surface area contributed by atoms with Crippen molar-refractivity contribution in [3.05, 3.63) is 95.8 Å². The molecule has 0 aliphatic carbocycles. The predicted octanol–water partition coefficient (Wildman–Crippen LogP) is 4.12. The van der Waals surface area contributed by atoms with E-state index in [4.69, 9.17) is 9.52 Å². The van der Waals surface area contributed by atoms with Crippen molar-refractivity contribution in [3.63, 3.8) is 0 Å². The molecule has 1 aliphatic heterocycles. The van der Waals surface area contributed by atoms with E-state index in [2.05, 4.69) is 23.6 Å². The lowest BCUT2D eigenvalue weighted by Gasteiger charge is -2.16. The maximum atomic E-state index is 12.7. The fourth-order valence-electron chi connectivity index (χ4n) is 3.71. The number of para-hydroxylation sites is 1. The van der Waals surface area contributed by atoms with Crippen LogP contribution in [-0.2, 0) is 17.9 Å². The number of aryl methyl sites for hydroxylation is 1. The molecular weight excluding hydrogens is 364 g/mol. The summed E-state index contributed by atoms with van der Waals surface area (Å²) in [5, 5.41) is 4.88. The average Bonchev–Trinajstić information content (AvgIpc) is 3.50. The molecule has 3 aromatic heterocycles. The third-order valence-corrected chi connectivity index (χ3v) is 5.17. The topological polar surface area (TPSA) is 56.2 Å². The van der Waals surface area contributed by atoms with Crippen molar-refractivity contribution in [3.8, 4) is 11.5 Å². The lowest BCUT2D eigenvalue weighted by atomic mass is 10.2. The smallest absolute Gasteiger partial charge is 0.247 e. The van der Waals surface area contributed by atoms with Crippen molar-refractivity contribution in [1.29, 1.82) is 0 Å². The van der Waals surface area contributed by atoms with Crippen LogP contribution < -0.4 is 0 Å². The van der Waals surface area contributed by atoms with Crippen molar-refractivity contribution in [1.82, 2.24) is 19.2 Å². The molecular formula is C23H20N4O2. The standard InChI is InChI=1S/C23H20N4O2/c1-17-7-2-3-9-21(17)27-23(25-12-4-5-13-25)19-15-26(16-20(19)24-27)22(28)11-10-18-8-6-14-29-18/h2-14H,15-16H2,1H3. The Hall–Kier alpha value is -3.80. The van der Waals surface area contributed by atoms with E-state index < -0.39 is 0 Å². The van der Waals surface area contributed by atoms with E-state index in [1.807, 2.05) is 47.4 Å². The number of furan rings is 1. The molecule has 4 aromatic rings. The highest BCUT2D eigenvalue weighted by atomic mass is 16.3. The summed E-state index contributed by atoms with van der Waals surface area (Å²) in [4.78, 5) is 14.5. The SMILES string of the molecule is Cc1ccccc1-n1nc2c(c1-n1cccc1)CN(C(=O)C=Cc1ccco1)C2. The summed E-state index contributed by atoms with van der Waals surface area (Å²) in [5.41, 5.74) is 4.19. The normalized spacial score (nSPS) is 13.3. The zero-order chi connectivity index (χ0) is 19.8. The van der Waals surface area contributed by atoms with Crippen molar-refractivity contribution in [2.45, 2.75) is 20.0 Å². The van der Waals surface area contributed by atoms with Gasteiger partial charge in [-0.15, -0.1) is 0 Å². The Morgan fingerprint density at radius 2 is 1.90 bits per heavy atom. The molecule has 1 aliphatic rings. The van der Waals surface area contributed by atoms with Gasteiger partial charge in [0, 0.05) is 24.0 Å². The number of benzene rings is 1. The number of nitrogens with zero attached hydrogens (tertiary/aromatic N) is 4. The van der Waals surface area contributed by atoms with Crippen LogP contribution in [0.3, 0.4) is 0 Å². The van der Waals surface area contributed by atoms with Crippen molar-refractivity contribution < 1.29 is 9.21 Å². The van der Waals surface area contributed by atoms with E-state index in [1.54, 1.807) is 29.4 Å². The molecule has 0 saturated carbocycles. The first kappa shape index (κ1) is 17.3. The van der Waals surface area contributed by atoms with E-state index in [9.17, 15) is 4.79 Å². The number of carbonyl (C=O) groups is 1. The Bertz CT molecular complexity index is 1180. The van der Waals surface area contributed by atoms with Crippen LogP contribution in [0.4, 0.5) is 0 Å². The summed E-state index contributed by atoms with van der Waals surface area (Å²) in [6.45, 7) is 3.09. The minimum Gasteiger partial charge on any atom is -0.465 e. The Morgan fingerprint density at radius 1 is 1.07 bits per heavy atom. The first-order chi connectivity index (χ1) is 14.2. The van der Waals surface area contributed by atoms with E-state index in [0.717, 1.165) is 28.3 Å². The third-order valence-electron chi connectivity index (χ3n) is 5.17. The van der Waals surface area contributed by atoms with Crippen LogP contribution in [0.5, 0.6) is 0 Å². The van der Waals surface area contributed by atoms with Crippen LogP contribution in [0.25, 0.3) is 17.6 Å². The van der Waals surface area contributed by atoms with E-state index >= 15 is 0 Å². The Balaban J connectivity index is 1.50. The molecule has 0 unspecified atom stereocenters. The first-order valence-electron chi connectivity index (χ1n) is 9.51. The summed E-state index contributed by atoms with van der Waals surface area (Å²) in [7, 11) is 0. The van der Waals surface area contributed by atoms with Crippen LogP contribution in [-0.4, -0.2) is 25.2 Å². The number of amides is 1. The van der Waals surface area contributed by atoms with Gasteiger partial charge in [0.05, 0.1) is 30.7 Å². The quantitative estimate of drug-likeness (QED) is 0.497. The molecule has 4 heterocycles. The lowest BCUT2D eigenvalue weighted by molar-refractivity contribution is -0.126. The van der Waals surface area contributed by atoms with Crippen molar-refractivity contribution >= 4 is 12.0 Å². The number of fused-ring (bicyclic) bond motifs is 1. The van der Waals surface area contributed by atoms with Gasteiger partial charge in [0.2, 0.25) is 5.91 Å². The van der Waals surface area contributed by atoms with Gasteiger partial charge in [0.15, 0.2) is 0 Å². The van der Waals surface area contributed by atoms with Gasteiger partial charge in [-0.25, -0.2) is 4.68 Å². The van der Waals surface area contributed by atoms with Crippen molar-refractivity contribution in [2.75, 3.05) is 0 Å². The highest BCUT2D eigenvalue weighted by Crippen LogP contribution is 2.31. The highest BCUT2D eigenvalue weighted by Gasteiger charge is 2.30. The summed E-state index contributed by atoms with van der Waals surface area (Å²) < 4.78 is 9.31. The molecule has 1 amide bonds. The van der Waals surface area contributed by atoms with Gasteiger partial charge in [-0.05, 0) is 48.9 Å². The van der Waals surface area contributed by atoms with Crippen molar-refractivity contribution in [2.24, 2.45) is 0 Å². The number of carbonyl (C=O) groups excluding carboxylic acids is 1. The molecule has 0 N–H and O–H groups in total. The van der Waals surface area contributed by atoms with Crippen LogP contribution in [0.1, 0.15) is 22.6 Å². The number of rotatable bonds is 4. The molecule has 144 valence electrons. The van der Waals surface area contributed by atoms with E-state index in [0.29, 0.717) is 18.8 Å². The van der Waals surface area contributed by atoms with Crippen LogP contribution >= 0.6 is 0 Å². The van der Waals surface area contributed by atoms with Gasteiger partial charge >= 0.3 is 0 Å². The molecule has 0 radical (unpaired) electrons. The highest BCUT2D eigenvalue weighted by molar-refractivity contribution is 5.91. The monoisotopic (exact) mass is 384 g/mol. The second-order valence-corrected chi connectivity index (χ2v) is 7.08. The Labute approximate surface area is 168 Å². The predicted molar refractivity (Wildman–Crippen MR) is 110 cm³/mol. The minimum atomic E-state index is -0.0553. The van der Waals surface area contributed by atoms with Crippen LogP contribution in [0, 0.1) is 6.92 Å². The molecule has 0 spiro atoms. The molecule has 29 heavy (non-hydrogen) atoms. The summed E-state index contributed by atoms with van der Waals surface area (Å²) >= 11 is 0. The maximum Gasteiger partial charge on any atom is 0.247 e. The van der Waals surface area contributed by atoms with Gasteiger partial charge in [-0.3, -0.25) is 4.79 Å². The number of hydrogen-bond acceptors (Lipinski definition) is 3. The fourth-order valence-corrected chi connectivity index (χ4v) is 3.71. The molecule has 0 bridgehead atoms. The first-order valence-corrected chi connectivity index (χ1v) is 9.51. The van der Waals surface area contributed by atoms with Gasteiger partial charge in [0.1, 0.15) is 11.6 Å². The molecule has 1 aromatic carbocycles. The van der Waals surface area contributed by atoms with E-state index in [1.165, 1.54) is 0 Å².